The highest BCUT2D eigenvalue weighted by molar-refractivity contribution is 7.89. The summed E-state index contributed by atoms with van der Waals surface area (Å²) in [6, 6.07) is 5.84. The first kappa shape index (κ1) is 17.4. The second kappa shape index (κ2) is 6.89. The van der Waals surface area contributed by atoms with Gasteiger partial charge in [-0.2, -0.15) is 5.26 Å². The van der Waals surface area contributed by atoms with E-state index in [0.29, 0.717) is 0 Å². The zero-order chi connectivity index (χ0) is 16.2. The van der Waals surface area contributed by atoms with Crippen molar-refractivity contribution < 1.29 is 17.9 Å². The first-order chi connectivity index (χ1) is 9.73. The Labute approximate surface area is 128 Å². The van der Waals surface area contributed by atoms with Crippen LogP contribution in [0.4, 0.5) is 0 Å². The van der Waals surface area contributed by atoms with Crippen LogP contribution in [0.25, 0.3) is 0 Å². The Hall–Kier alpha value is -1.62. The van der Waals surface area contributed by atoms with E-state index in [9.17, 15) is 13.2 Å². The molecule has 0 aliphatic rings. The van der Waals surface area contributed by atoms with Crippen LogP contribution in [0.5, 0.6) is 0 Å². The van der Waals surface area contributed by atoms with Gasteiger partial charge in [-0.25, -0.2) is 12.7 Å². The number of hydrogen-bond donors (Lipinski definition) is 0. The van der Waals surface area contributed by atoms with Crippen LogP contribution in [-0.2, 0) is 19.6 Å². The predicted molar refractivity (Wildman–Crippen MR) is 77.2 cm³/mol. The van der Waals surface area contributed by atoms with Gasteiger partial charge in [-0.1, -0.05) is 18.5 Å². The molecule has 1 aromatic carbocycles. The Morgan fingerprint density at radius 1 is 1.52 bits per heavy atom. The second-order valence-electron chi connectivity index (χ2n) is 4.47. The van der Waals surface area contributed by atoms with Crippen LogP contribution in [0, 0.1) is 17.2 Å². The van der Waals surface area contributed by atoms with Gasteiger partial charge in [-0.3, -0.25) is 4.79 Å². The van der Waals surface area contributed by atoms with Gasteiger partial charge in [0.1, 0.15) is 4.90 Å². The highest BCUT2D eigenvalue weighted by Gasteiger charge is 2.27. The fourth-order valence-electron chi connectivity index (χ4n) is 1.70. The summed E-state index contributed by atoms with van der Waals surface area (Å²) in [5.41, 5.74) is 0.187. The smallest absolute Gasteiger partial charge is 0.309 e. The highest BCUT2D eigenvalue weighted by Crippen LogP contribution is 2.25. The quantitative estimate of drug-likeness (QED) is 0.766. The fraction of sp³-hybridized carbons (Fsp3) is 0.385. The van der Waals surface area contributed by atoms with E-state index in [4.69, 9.17) is 16.9 Å². The number of hydrogen-bond acceptors (Lipinski definition) is 5. The molecule has 0 fully saturated rings. The number of carbonyl (C=O) groups excluding carboxylic acids is 1. The van der Waals surface area contributed by atoms with E-state index in [1.807, 2.05) is 6.07 Å². The molecule has 1 atom stereocenters. The third-order valence-electron chi connectivity index (χ3n) is 2.88. The molecule has 1 rings (SSSR count). The van der Waals surface area contributed by atoms with Gasteiger partial charge in [-0.15, -0.1) is 0 Å². The molecule has 0 saturated carbocycles. The summed E-state index contributed by atoms with van der Waals surface area (Å²) in [5.74, 6) is -1.12. The Morgan fingerprint density at radius 2 is 2.14 bits per heavy atom. The number of benzene rings is 1. The van der Waals surface area contributed by atoms with Gasteiger partial charge >= 0.3 is 5.97 Å². The molecular weight excluding hydrogens is 316 g/mol. The van der Waals surface area contributed by atoms with Crippen molar-refractivity contribution in [3.05, 3.63) is 28.8 Å². The maximum absolute atomic E-state index is 12.4. The van der Waals surface area contributed by atoms with E-state index in [1.165, 1.54) is 32.4 Å². The molecule has 114 valence electrons. The SMILES string of the molecule is COC(=O)C(C)CN(C)S(=O)(=O)c1cc(C#N)ccc1Cl. The van der Waals surface area contributed by atoms with Crippen molar-refractivity contribution in [2.75, 3.05) is 20.7 Å². The van der Waals surface area contributed by atoms with Gasteiger partial charge in [0.15, 0.2) is 0 Å². The van der Waals surface area contributed by atoms with Gasteiger partial charge in [0.2, 0.25) is 10.0 Å². The molecule has 0 aliphatic carbocycles. The molecule has 21 heavy (non-hydrogen) atoms. The zero-order valence-electron chi connectivity index (χ0n) is 11.8. The molecule has 8 heteroatoms. The number of carbonyl (C=O) groups is 1. The number of sulfonamides is 1. The summed E-state index contributed by atoms with van der Waals surface area (Å²) in [4.78, 5) is 11.2. The molecule has 0 spiro atoms. The normalized spacial score (nSPS) is 12.8. The third-order valence-corrected chi connectivity index (χ3v) is 5.19. The lowest BCUT2D eigenvalue weighted by Crippen LogP contribution is -2.34. The Morgan fingerprint density at radius 3 is 2.67 bits per heavy atom. The number of halogens is 1. The van der Waals surface area contributed by atoms with Crippen LogP contribution < -0.4 is 0 Å². The number of methoxy groups -OCH3 is 1. The standard InChI is InChI=1S/C13H15ClN2O4S/c1-9(13(17)20-3)8-16(2)21(18,19)12-6-10(7-15)4-5-11(12)14/h4-6,9H,8H2,1-3H3. The minimum absolute atomic E-state index is 0.0200. The van der Waals surface area contributed by atoms with Gasteiger partial charge < -0.3 is 4.74 Å². The van der Waals surface area contributed by atoms with Gasteiger partial charge in [0.05, 0.1) is 29.7 Å². The molecule has 0 saturated heterocycles. The average Bonchev–Trinajstić information content (AvgIpc) is 2.46. The van der Waals surface area contributed by atoms with Gasteiger partial charge in [-0.05, 0) is 18.2 Å². The maximum atomic E-state index is 12.4. The summed E-state index contributed by atoms with van der Waals surface area (Å²) in [6.45, 7) is 1.51. The molecule has 1 unspecified atom stereocenters. The number of nitrogens with zero attached hydrogens (tertiary/aromatic N) is 2. The largest absolute Gasteiger partial charge is 0.469 e. The summed E-state index contributed by atoms with van der Waals surface area (Å²) in [6.07, 6.45) is 0. The molecule has 0 aromatic heterocycles. The van der Waals surface area contributed by atoms with Crippen LogP contribution in [0.3, 0.4) is 0 Å². The van der Waals surface area contributed by atoms with E-state index in [-0.39, 0.29) is 22.0 Å². The lowest BCUT2D eigenvalue weighted by molar-refractivity contribution is -0.144. The van der Waals surface area contributed by atoms with E-state index in [0.717, 1.165) is 4.31 Å². The van der Waals surface area contributed by atoms with Crippen molar-refractivity contribution in [2.24, 2.45) is 5.92 Å². The number of esters is 1. The van der Waals surface area contributed by atoms with Crippen LogP contribution in [0.2, 0.25) is 5.02 Å². The van der Waals surface area contributed by atoms with Crippen molar-refractivity contribution in [1.82, 2.24) is 4.31 Å². The molecule has 0 aliphatic heterocycles. The van der Waals surface area contributed by atoms with Crippen LogP contribution >= 0.6 is 11.6 Å². The van der Waals surface area contributed by atoms with Crippen LogP contribution in [0.15, 0.2) is 23.1 Å². The first-order valence-electron chi connectivity index (χ1n) is 5.97. The highest BCUT2D eigenvalue weighted by atomic mass is 35.5. The zero-order valence-corrected chi connectivity index (χ0v) is 13.4. The predicted octanol–water partition coefficient (Wildman–Crippen LogP) is 1.64. The minimum Gasteiger partial charge on any atom is -0.469 e. The average molecular weight is 331 g/mol. The van der Waals surface area contributed by atoms with Crippen molar-refractivity contribution in [3.8, 4) is 6.07 Å². The van der Waals surface area contributed by atoms with Crippen molar-refractivity contribution in [3.63, 3.8) is 0 Å². The van der Waals surface area contributed by atoms with E-state index >= 15 is 0 Å². The lowest BCUT2D eigenvalue weighted by atomic mass is 10.2. The lowest BCUT2D eigenvalue weighted by Gasteiger charge is -2.20. The van der Waals surface area contributed by atoms with Crippen molar-refractivity contribution >= 4 is 27.6 Å². The molecule has 0 bridgehead atoms. The Balaban J connectivity index is 3.11. The van der Waals surface area contributed by atoms with Crippen molar-refractivity contribution in [2.45, 2.75) is 11.8 Å². The molecule has 0 radical (unpaired) electrons. The van der Waals surface area contributed by atoms with E-state index in [1.54, 1.807) is 6.92 Å². The fourth-order valence-corrected chi connectivity index (χ4v) is 3.45. The summed E-state index contributed by atoms with van der Waals surface area (Å²) < 4.78 is 30.5. The Bertz CT molecular complexity index is 682. The van der Waals surface area contributed by atoms with Crippen LogP contribution in [0.1, 0.15) is 12.5 Å². The number of ether oxygens (including phenoxy) is 1. The molecule has 0 amide bonds. The van der Waals surface area contributed by atoms with E-state index in [2.05, 4.69) is 4.74 Å². The maximum Gasteiger partial charge on any atom is 0.309 e. The molecule has 1 aromatic rings. The van der Waals surface area contributed by atoms with Gasteiger partial charge in [0, 0.05) is 13.6 Å². The number of nitriles is 1. The van der Waals surface area contributed by atoms with Crippen LogP contribution in [-0.4, -0.2) is 39.4 Å². The second-order valence-corrected chi connectivity index (χ2v) is 6.89. The summed E-state index contributed by atoms with van der Waals surface area (Å²) in [5, 5.41) is 8.86. The molecule has 6 nitrogen and oxygen atoms in total. The first-order valence-corrected chi connectivity index (χ1v) is 7.79. The third kappa shape index (κ3) is 3.94. The molecule has 0 heterocycles. The Kier molecular flexibility index (Phi) is 5.72. The minimum atomic E-state index is -3.90. The van der Waals surface area contributed by atoms with Crippen molar-refractivity contribution in [1.29, 1.82) is 5.26 Å². The van der Waals surface area contributed by atoms with Gasteiger partial charge in [0.25, 0.3) is 0 Å². The topological polar surface area (TPSA) is 87.5 Å². The molecular formula is C13H15ClN2O4S. The van der Waals surface area contributed by atoms with E-state index < -0.39 is 21.9 Å². The monoisotopic (exact) mass is 330 g/mol. The summed E-state index contributed by atoms with van der Waals surface area (Å²) >= 11 is 5.90. The number of rotatable bonds is 5. The summed E-state index contributed by atoms with van der Waals surface area (Å²) in [7, 11) is -1.32. The molecule has 0 N–H and O–H groups in total.